The molecule has 1 N–H and O–H groups in total. The number of rotatable bonds is 4. The fraction of sp³-hybridized carbons (Fsp3) is 0.176. The number of aryl methyl sites for hydroxylation is 1. The van der Waals surface area contributed by atoms with Crippen molar-refractivity contribution < 1.29 is 13.6 Å². The van der Waals surface area contributed by atoms with Crippen LogP contribution < -0.4 is 5.32 Å². The predicted octanol–water partition coefficient (Wildman–Crippen LogP) is 3.62. The van der Waals surface area contributed by atoms with Gasteiger partial charge in [0, 0.05) is 12.2 Å². The molecule has 1 atom stereocenters. The zero-order valence-electron chi connectivity index (χ0n) is 12.4. The standard InChI is InChI=1S/C17H16N2O3/c1-11-7-8-14(21-11)12(2)18-16(20)9-10-17-19-13-5-3-4-6-15(13)22-17/h3-10,12H,1-2H3,(H,18,20)/b10-9+. The molecular formula is C17H16N2O3. The summed E-state index contributed by atoms with van der Waals surface area (Å²) < 4.78 is 11.0. The van der Waals surface area contributed by atoms with Crippen molar-refractivity contribution in [3.05, 3.63) is 59.9 Å². The first-order chi connectivity index (χ1) is 10.6. The van der Waals surface area contributed by atoms with Gasteiger partial charge in [0.1, 0.15) is 17.0 Å². The Bertz CT molecular complexity index is 796. The number of carbonyl (C=O) groups excluding carboxylic acids is 1. The predicted molar refractivity (Wildman–Crippen MR) is 83.0 cm³/mol. The number of oxazole rings is 1. The highest BCUT2D eigenvalue weighted by Crippen LogP contribution is 2.17. The van der Waals surface area contributed by atoms with E-state index in [0.29, 0.717) is 11.5 Å². The van der Waals surface area contributed by atoms with Crippen LogP contribution in [0.1, 0.15) is 30.4 Å². The first kappa shape index (κ1) is 14.1. The molecule has 112 valence electrons. The van der Waals surface area contributed by atoms with Crippen LogP contribution in [-0.4, -0.2) is 10.9 Å². The van der Waals surface area contributed by atoms with Gasteiger partial charge in [0.2, 0.25) is 11.8 Å². The van der Waals surface area contributed by atoms with Crippen molar-refractivity contribution in [3.8, 4) is 0 Å². The zero-order chi connectivity index (χ0) is 15.5. The average molecular weight is 296 g/mol. The highest BCUT2D eigenvalue weighted by molar-refractivity contribution is 5.91. The van der Waals surface area contributed by atoms with Gasteiger partial charge >= 0.3 is 0 Å². The molecule has 0 aliphatic rings. The molecule has 2 aromatic heterocycles. The van der Waals surface area contributed by atoms with Gasteiger partial charge in [0.25, 0.3) is 0 Å². The third-order valence-corrected chi connectivity index (χ3v) is 3.23. The first-order valence-corrected chi connectivity index (χ1v) is 7.02. The van der Waals surface area contributed by atoms with E-state index in [1.165, 1.54) is 6.08 Å². The summed E-state index contributed by atoms with van der Waals surface area (Å²) in [5.74, 6) is 1.71. The van der Waals surface area contributed by atoms with Crippen molar-refractivity contribution in [1.82, 2.24) is 10.3 Å². The van der Waals surface area contributed by atoms with Crippen molar-refractivity contribution in [2.24, 2.45) is 0 Å². The molecule has 2 heterocycles. The SMILES string of the molecule is Cc1ccc(C(C)NC(=O)/C=C/c2nc3ccccc3o2)o1. The molecule has 1 amide bonds. The van der Waals surface area contributed by atoms with Crippen molar-refractivity contribution >= 4 is 23.1 Å². The lowest BCUT2D eigenvalue weighted by Gasteiger charge is -2.08. The second-order valence-electron chi connectivity index (χ2n) is 5.03. The fourth-order valence-corrected chi connectivity index (χ4v) is 2.13. The Hall–Kier alpha value is -2.82. The maximum absolute atomic E-state index is 11.9. The Balaban J connectivity index is 1.65. The molecule has 5 heteroatoms. The lowest BCUT2D eigenvalue weighted by Crippen LogP contribution is -2.24. The van der Waals surface area contributed by atoms with Crippen LogP contribution in [0.3, 0.4) is 0 Å². The van der Waals surface area contributed by atoms with Crippen LogP contribution >= 0.6 is 0 Å². The van der Waals surface area contributed by atoms with Gasteiger partial charge in [-0.05, 0) is 38.1 Å². The Kier molecular flexibility index (Phi) is 3.78. The van der Waals surface area contributed by atoms with Gasteiger partial charge in [0.15, 0.2) is 5.58 Å². The molecule has 0 fully saturated rings. The molecule has 22 heavy (non-hydrogen) atoms. The number of aromatic nitrogens is 1. The molecule has 0 bridgehead atoms. The van der Waals surface area contributed by atoms with Crippen LogP contribution in [-0.2, 0) is 4.79 Å². The molecule has 0 saturated carbocycles. The molecule has 0 aliphatic carbocycles. The van der Waals surface area contributed by atoms with E-state index in [2.05, 4.69) is 10.3 Å². The number of amides is 1. The number of carbonyl (C=O) groups is 1. The summed E-state index contributed by atoms with van der Waals surface area (Å²) in [6, 6.07) is 11.0. The van der Waals surface area contributed by atoms with Gasteiger partial charge in [-0.1, -0.05) is 12.1 Å². The quantitative estimate of drug-likeness (QED) is 0.747. The van der Waals surface area contributed by atoms with Crippen LogP contribution in [0.25, 0.3) is 17.2 Å². The highest BCUT2D eigenvalue weighted by Gasteiger charge is 2.11. The summed E-state index contributed by atoms with van der Waals surface area (Å²) in [7, 11) is 0. The van der Waals surface area contributed by atoms with E-state index in [0.717, 1.165) is 17.0 Å². The van der Waals surface area contributed by atoms with Gasteiger partial charge < -0.3 is 14.2 Å². The van der Waals surface area contributed by atoms with E-state index in [9.17, 15) is 4.79 Å². The number of hydrogen-bond donors (Lipinski definition) is 1. The summed E-state index contributed by atoms with van der Waals surface area (Å²) >= 11 is 0. The third kappa shape index (κ3) is 3.09. The van der Waals surface area contributed by atoms with Gasteiger partial charge in [-0.25, -0.2) is 4.98 Å². The zero-order valence-corrected chi connectivity index (χ0v) is 12.4. The Morgan fingerprint density at radius 2 is 2.05 bits per heavy atom. The molecule has 1 unspecified atom stereocenters. The number of furan rings is 1. The van der Waals surface area contributed by atoms with E-state index in [1.807, 2.05) is 50.2 Å². The highest BCUT2D eigenvalue weighted by atomic mass is 16.3. The molecule has 0 radical (unpaired) electrons. The number of nitrogens with one attached hydrogen (secondary N) is 1. The van der Waals surface area contributed by atoms with Gasteiger partial charge in [-0.3, -0.25) is 4.79 Å². The lowest BCUT2D eigenvalue weighted by molar-refractivity contribution is -0.117. The molecule has 0 saturated heterocycles. The Morgan fingerprint density at radius 3 is 2.77 bits per heavy atom. The minimum Gasteiger partial charge on any atom is -0.464 e. The Morgan fingerprint density at radius 1 is 1.23 bits per heavy atom. The second-order valence-corrected chi connectivity index (χ2v) is 5.03. The number of fused-ring (bicyclic) bond motifs is 1. The molecule has 5 nitrogen and oxygen atoms in total. The number of hydrogen-bond acceptors (Lipinski definition) is 4. The maximum atomic E-state index is 11.9. The molecule has 3 aromatic rings. The molecule has 0 aliphatic heterocycles. The van der Waals surface area contributed by atoms with E-state index < -0.39 is 0 Å². The van der Waals surface area contributed by atoms with Crippen molar-refractivity contribution in [2.75, 3.05) is 0 Å². The Labute approximate surface area is 127 Å². The van der Waals surface area contributed by atoms with E-state index >= 15 is 0 Å². The van der Waals surface area contributed by atoms with E-state index in [4.69, 9.17) is 8.83 Å². The molecule has 0 spiro atoms. The van der Waals surface area contributed by atoms with Crippen LogP contribution in [0, 0.1) is 6.92 Å². The minimum atomic E-state index is -0.233. The van der Waals surface area contributed by atoms with Crippen LogP contribution in [0.15, 0.2) is 51.3 Å². The van der Waals surface area contributed by atoms with Crippen molar-refractivity contribution in [3.63, 3.8) is 0 Å². The normalized spacial score (nSPS) is 12.8. The van der Waals surface area contributed by atoms with Gasteiger partial charge in [0.05, 0.1) is 6.04 Å². The number of nitrogens with zero attached hydrogens (tertiary/aromatic N) is 1. The fourth-order valence-electron chi connectivity index (χ4n) is 2.13. The van der Waals surface area contributed by atoms with E-state index in [1.54, 1.807) is 6.08 Å². The summed E-state index contributed by atoms with van der Waals surface area (Å²) in [4.78, 5) is 16.2. The second kappa shape index (κ2) is 5.89. The van der Waals surface area contributed by atoms with Crippen molar-refractivity contribution in [1.29, 1.82) is 0 Å². The summed E-state index contributed by atoms with van der Waals surface area (Å²) in [6.45, 7) is 3.73. The van der Waals surface area contributed by atoms with Gasteiger partial charge in [-0.2, -0.15) is 0 Å². The molecular weight excluding hydrogens is 280 g/mol. The number of benzene rings is 1. The summed E-state index contributed by atoms with van der Waals surface area (Å²) in [5, 5.41) is 2.82. The van der Waals surface area contributed by atoms with Crippen LogP contribution in [0.5, 0.6) is 0 Å². The summed E-state index contributed by atoms with van der Waals surface area (Å²) in [5.41, 5.74) is 1.46. The summed E-state index contributed by atoms with van der Waals surface area (Å²) in [6.07, 6.45) is 2.95. The first-order valence-electron chi connectivity index (χ1n) is 7.02. The number of para-hydroxylation sites is 2. The van der Waals surface area contributed by atoms with Crippen LogP contribution in [0.4, 0.5) is 0 Å². The van der Waals surface area contributed by atoms with Crippen LogP contribution in [0.2, 0.25) is 0 Å². The topological polar surface area (TPSA) is 68.3 Å². The monoisotopic (exact) mass is 296 g/mol. The van der Waals surface area contributed by atoms with Gasteiger partial charge in [-0.15, -0.1) is 0 Å². The minimum absolute atomic E-state index is 0.200. The third-order valence-electron chi connectivity index (χ3n) is 3.23. The maximum Gasteiger partial charge on any atom is 0.244 e. The van der Waals surface area contributed by atoms with Crippen molar-refractivity contribution in [2.45, 2.75) is 19.9 Å². The lowest BCUT2D eigenvalue weighted by atomic mass is 10.2. The molecule has 1 aromatic carbocycles. The largest absolute Gasteiger partial charge is 0.464 e. The smallest absolute Gasteiger partial charge is 0.244 e. The molecule has 3 rings (SSSR count). The average Bonchev–Trinajstić information content (AvgIpc) is 3.10. The van der Waals surface area contributed by atoms with E-state index in [-0.39, 0.29) is 11.9 Å².